The lowest BCUT2D eigenvalue weighted by Gasteiger charge is -2.25. The lowest BCUT2D eigenvalue weighted by molar-refractivity contribution is 0.973. The van der Waals surface area contributed by atoms with Crippen LogP contribution in [0.4, 0.5) is 11.5 Å². The Labute approximate surface area is 209 Å². The molecule has 8 rings (SSSR count). The van der Waals surface area contributed by atoms with Gasteiger partial charge in [-0.25, -0.2) is 0 Å². The zero-order chi connectivity index (χ0) is 23.8. The first kappa shape index (κ1) is 19.7. The molecule has 0 radical (unpaired) electrons. The smallest absolute Gasteiger partial charge is 0.118 e. The second kappa shape index (κ2) is 7.22. The Morgan fingerprint density at radius 3 is 1.92 bits per heavy atom. The largest absolute Gasteiger partial charge is 0.327 e. The summed E-state index contributed by atoms with van der Waals surface area (Å²) in [5, 5.41) is 8.90. The molecule has 6 aromatic carbocycles. The zero-order valence-corrected chi connectivity index (χ0v) is 20.1. The van der Waals surface area contributed by atoms with Crippen molar-refractivity contribution >= 4 is 54.7 Å². The summed E-state index contributed by atoms with van der Waals surface area (Å²) < 4.78 is 2.49. The molecule has 0 spiro atoms. The Bertz CT molecular complexity index is 1990. The van der Waals surface area contributed by atoms with Crippen molar-refractivity contribution in [3.8, 4) is 16.8 Å². The van der Waals surface area contributed by atoms with Gasteiger partial charge in [0, 0.05) is 28.4 Å². The van der Waals surface area contributed by atoms with Gasteiger partial charge in [0.2, 0.25) is 0 Å². The van der Waals surface area contributed by atoms with E-state index in [0.29, 0.717) is 0 Å². The average Bonchev–Trinajstić information content (AvgIpc) is 3.24. The molecule has 2 heterocycles. The van der Waals surface area contributed by atoms with E-state index in [2.05, 4.69) is 132 Å². The van der Waals surface area contributed by atoms with Gasteiger partial charge in [-0.1, -0.05) is 84.9 Å². The molecule has 0 saturated carbocycles. The van der Waals surface area contributed by atoms with E-state index in [9.17, 15) is 0 Å². The number of fused-ring (bicyclic) bond motifs is 11. The minimum Gasteiger partial charge on any atom is -0.327 e. The summed E-state index contributed by atoms with van der Waals surface area (Å²) in [5.74, 6) is 1.22. The highest BCUT2D eigenvalue weighted by atomic mass is 15.3. The minimum atomic E-state index is 0.879. The lowest BCUT2D eigenvalue weighted by Crippen LogP contribution is -2.18. The van der Waals surface area contributed by atoms with Crippen LogP contribution in [0, 0.1) is 0 Å². The number of aromatic nitrogens is 1. The number of hydrogen-bond donors (Lipinski definition) is 0. The van der Waals surface area contributed by atoms with E-state index in [1.54, 1.807) is 0 Å². The van der Waals surface area contributed by atoms with Gasteiger partial charge in [-0.2, -0.15) is 0 Å². The van der Waals surface area contributed by atoms with Crippen molar-refractivity contribution in [2.24, 2.45) is 0 Å². The van der Waals surface area contributed by atoms with Crippen LogP contribution in [0.15, 0.2) is 115 Å². The highest BCUT2D eigenvalue weighted by molar-refractivity contribution is 6.10. The Morgan fingerprint density at radius 2 is 1.17 bits per heavy atom. The molecular formula is C34H24N2. The molecule has 0 saturated heterocycles. The maximum atomic E-state index is 2.51. The molecule has 0 fully saturated rings. The SMILES string of the molecule is CCN1c2c(ccc3ccccc23)-c2cc3ccccc3cc2-n2c1cc1cc3ccccc3cc12. The Hall–Kier alpha value is -4.56. The Balaban J connectivity index is 1.60. The van der Waals surface area contributed by atoms with Crippen LogP contribution >= 0.6 is 0 Å². The normalized spacial score (nSPS) is 12.6. The molecule has 36 heavy (non-hydrogen) atoms. The molecule has 7 aromatic rings. The Morgan fingerprint density at radius 1 is 0.528 bits per heavy atom. The van der Waals surface area contributed by atoms with Gasteiger partial charge in [-0.05, 0) is 64.2 Å². The monoisotopic (exact) mass is 460 g/mol. The van der Waals surface area contributed by atoms with E-state index in [-0.39, 0.29) is 0 Å². The van der Waals surface area contributed by atoms with Crippen molar-refractivity contribution in [3.63, 3.8) is 0 Å². The van der Waals surface area contributed by atoms with E-state index >= 15 is 0 Å². The van der Waals surface area contributed by atoms with Gasteiger partial charge in [-0.15, -0.1) is 0 Å². The Kier molecular flexibility index (Phi) is 3.96. The molecule has 0 amide bonds. The summed E-state index contributed by atoms with van der Waals surface area (Å²) in [6.45, 7) is 3.14. The predicted molar refractivity (Wildman–Crippen MR) is 154 cm³/mol. The summed E-state index contributed by atoms with van der Waals surface area (Å²) in [6.07, 6.45) is 0. The van der Waals surface area contributed by atoms with Gasteiger partial charge < -0.3 is 4.90 Å². The van der Waals surface area contributed by atoms with Crippen LogP contribution in [0.5, 0.6) is 0 Å². The maximum absolute atomic E-state index is 2.51. The summed E-state index contributed by atoms with van der Waals surface area (Å²) >= 11 is 0. The van der Waals surface area contributed by atoms with E-state index in [4.69, 9.17) is 0 Å². The van der Waals surface area contributed by atoms with Crippen molar-refractivity contribution in [1.82, 2.24) is 4.57 Å². The number of benzene rings is 6. The standard InChI is InChI=1S/C34H24N2/c1-2-35-33-21-27-17-23-10-3-5-12-25(23)19-31(27)36(33)32-20-26-13-6-4-11-24(26)18-30(32)29-16-15-22-9-7-8-14-28(22)34(29)35/h3-21H,2H2,1H3. The number of hydrogen-bond acceptors (Lipinski definition) is 1. The third kappa shape index (κ3) is 2.61. The number of nitrogens with zero attached hydrogens (tertiary/aromatic N) is 2. The van der Waals surface area contributed by atoms with Crippen molar-refractivity contribution in [3.05, 3.63) is 115 Å². The highest BCUT2D eigenvalue weighted by Gasteiger charge is 2.28. The van der Waals surface area contributed by atoms with Crippen LogP contribution < -0.4 is 4.90 Å². The van der Waals surface area contributed by atoms with E-state index < -0.39 is 0 Å². The van der Waals surface area contributed by atoms with Crippen LogP contribution in [0.3, 0.4) is 0 Å². The van der Waals surface area contributed by atoms with Crippen molar-refractivity contribution in [2.75, 3.05) is 11.4 Å². The predicted octanol–water partition coefficient (Wildman–Crippen LogP) is 9.23. The van der Waals surface area contributed by atoms with Crippen LogP contribution in [-0.4, -0.2) is 11.1 Å². The third-order valence-electron chi connectivity index (χ3n) is 7.81. The molecule has 0 bridgehead atoms. The molecule has 0 unspecified atom stereocenters. The van der Waals surface area contributed by atoms with E-state index in [1.165, 1.54) is 71.5 Å². The van der Waals surface area contributed by atoms with Gasteiger partial charge >= 0.3 is 0 Å². The van der Waals surface area contributed by atoms with Gasteiger partial charge in [0.25, 0.3) is 0 Å². The fraction of sp³-hybridized carbons (Fsp3) is 0.0588. The molecule has 0 aliphatic carbocycles. The number of anilines is 2. The molecular weight excluding hydrogens is 436 g/mol. The maximum Gasteiger partial charge on any atom is 0.118 e. The molecule has 0 N–H and O–H groups in total. The first-order valence-electron chi connectivity index (χ1n) is 12.7. The average molecular weight is 461 g/mol. The summed E-state index contributed by atoms with van der Waals surface area (Å²) in [4.78, 5) is 2.51. The van der Waals surface area contributed by atoms with E-state index in [1.807, 2.05) is 0 Å². The molecule has 2 heteroatoms. The van der Waals surface area contributed by atoms with Crippen LogP contribution in [0.25, 0.3) is 60.0 Å². The molecule has 1 aromatic heterocycles. The summed E-state index contributed by atoms with van der Waals surface area (Å²) in [7, 11) is 0. The van der Waals surface area contributed by atoms with Gasteiger partial charge in [0.15, 0.2) is 0 Å². The van der Waals surface area contributed by atoms with Gasteiger partial charge in [0.1, 0.15) is 5.82 Å². The fourth-order valence-corrected chi connectivity index (χ4v) is 6.16. The lowest BCUT2D eigenvalue weighted by atomic mass is 9.94. The van der Waals surface area contributed by atoms with E-state index in [0.717, 1.165) is 6.54 Å². The first-order chi connectivity index (χ1) is 17.8. The molecule has 0 atom stereocenters. The summed E-state index contributed by atoms with van der Waals surface area (Å²) in [5.41, 5.74) is 6.33. The molecule has 170 valence electrons. The van der Waals surface area contributed by atoms with Crippen LogP contribution in [0.2, 0.25) is 0 Å². The van der Waals surface area contributed by atoms with Gasteiger partial charge in [0.05, 0.1) is 16.9 Å². The van der Waals surface area contributed by atoms with Gasteiger partial charge in [-0.3, -0.25) is 4.57 Å². The van der Waals surface area contributed by atoms with Crippen LogP contribution in [-0.2, 0) is 0 Å². The van der Waals surface area contributed by atoms with Crippen LogP contribution in [0.1, 0.15) is 6.92 Å². The van der Waals surface area contributed by atoms with Crippen molar-refractivity contribution < 1.29 is 0 Å². The van der Waals surface area contributed by atoms with Crippen molar-refractivity contribution in [1.29, 1.82) is 0 Å². The first-order valence-corrected chi connectivity index (χ1v) is 12.7. The quantitative estimate of drug-likeness (QED) is 0.237. The molecule has 2 nitrogen and oxygen atoms in total. The number of rotatable bonds is 1. The van der Waals surface area contributed by atoms with Crippen molar-refractivity contribution in [2.45, 2.75) is 6.92 Å². The molecule has 1 aliphatic rings. The second-order valence-corrected chi connectivity index (χ2v) is 9.74. The topological polar surface area (TPSA) is 8.17 Å². The summed E-state index contributed by atoms with van der Waals surface area (Å²) in [6, 6.07) is 42.6. The zero-order valence-electron chi connectivity index (χ0n) is 20.1. The fourth-order valence-electron chi connectivity index (χ4n) is 6.16. The minimum absolute atomic E-state index is 0.879. The second-order valence-electron chi connectivity index (χ2n) is 9.74. The molecule has 1 aliphatic heterocycles. The third-order valence-corrected chi connectivity index (χ3v) is 7.81. The highest BCUT2D eigenvalue weighted by Crippen LogP contribution is 2.49.